The van der Waals surface area contributed by atoms with Crippen LogP contribution in [-0.4, -0.2) is 27.0 Å². The largest absolute Gasteiger partial charge is 0.342 e. The molecule has 0 aromatic carbocycles. The highest BCUT2D eigenvalue weighted by atomic mass is 28.4. The molecule has 0 unspecified atom stereocenters. The Morgan fingerprint density at radius 2 is 1.33 bits per heavy atom. The van der Waals surface area contributed by atoms with Crippen LogP contribution in [0.3, 0.4) is 0 Å². The van der Waals surface area contributed by atoms with E-state index in [0.29, 0.717) is 5.54 Å². The highest BCUT2D eigenvalue weighted by molar-refractivity contribution is 6.82. The normalized spacial score (nSPS) is 14.5. The van der Waals surface area contributed by atoms with Gasteiger partial charge in [0.15, 0.2) is 0 Å². The third kappa shape index (κ3) is 3.41. The lowest BCUT2D eigenvalue weighted by Crippen LogP contribution is -2.60. The zero-order valence-electron chi connectivity index (χ0n) is 9.95. The molecule has 0 rings (SSSR count). The number of hydrogen-bond acceptors (Lipinski definition) is 1. The fraction of sp³-hybridized carbons (Fsp3) is 1.00. The van der Waals surface area contributed by atoms with Crippen molar-refractivity contribution < 1.29 is 0 Å². The molecule has 1 nitrogen and oxygen atoms in total. The molecule has 0 saturated heterocycles. The second-order valence-electron chi connectivity index (χ2n) is 5.62. The minimum atomic E-state index is -1.11. The van der Waals surface area contributed by atoms with Gasteiger partial charge in [0, 0.05) is 0 Å². The standard InChI is InChI=1S/C9H24NSi2/c1-9(2,3)10(11(4)5)12(6,7)8/h1-8H3. The molecule has 12 heavy (non-hydrogen) atoms. The Labute approximate surface area is 80.9 Å². The van der Waals surface area contributed by atoms with Crippen molar-refractivity contribution in [2.24, 2.45) is 0 Å². The van der Waals surface area contributed by atoms with Gasteiger partial charge in [0.05, 0.1) is 0 Å². The van der Waals surface area contributed by atoms with Crippen LogP contribution >= 0.6 is 0 Å². The maximum Gasteiger partial charge on any atom is 0.123 e. The molecule has 0 N–H and O–H groups in total. The van der Waals surface area contributed by atoms with Gasteiger partial charge in [-0.1, -0.05) is 32.7 Å². The number of hydrogen-bond donors (Lipinski definition) is 0. The molecule has 0 atom stereocenters. The number of rotatable bonds is 2. The van der Waals surface area contributed by atoms with Gasteiger partial charge in [-0.15, -0.1) is 0 Å². The first-order chi connectivity index (χ1) is 5.07. The van der Waals surface area contributed by atoms with Crippen LogP contribution in [0.4, 0.5) is 0 Å². The van der Waals surface area contributed by atoms with Gasteiger partial charge < -0.3 is 4.23 Å². The van der Waals surface area contributed by atoms with Gasteiger partial charge in [0.1, 0.15) is 17.2 Å². The molecule has 0 spiro atoms. The molecule has 0 fully saturated rings. The summed E-state index contributed by atoms with van der Waals surface area (Å²) in [6.45, 7) is 19.1. The van der Waals surface area contributed by atoms with E-state index in [1.165, 1.54) is 0 Å². The Bertz CT molecular complexity index is 128. The van der Waals surface area contributed by atoms with E-state index in [-0.39, 0.29) is 8.96 Å². The number of nitrogens with zero attached hydrogens (tertiary/aromatic N) is 1. The van der Waals surface area contributed by atoms with E-state index in [0.717, 1.165) is 0 Å². The summed E-state index contributed by atoms with van der Waals surface area (Å²) in [6.07, 6.45) is 0. The molecule has 0 bridgehead atoms. The van der Waals surface area contributed by atoms with Crippen LogP contribution in [-0.2, 0) is 0 Å². The smallest absolute Gasteiger partial charge is 0.123 e. The summed E-state index contributed by atoms with van der Waals surface area (Å²) in [4.78, 5) is 0. The van der Waals surface area contributed by atoms with Crippen molar-refractivity contribution >= 4 is 17.2 Å². The summed E-state index contributed by atoms with van der Waals surface area (Å²) in [6, 6.07) is 0. The Balaban J connectivity index is 4.70. The fourth-order valence-corrected chi connectivity index (χ4v) is 11.1. The third-order valence-corrected chi connectivity index (χ3v) is 8.72. The monoisotopic (exact) mass is 202 g/mol. The molecule has 0 aliphatic rings. The molecule has 0 aliphatic heterocycles. The highest BCUT2D eigenvalue weighted by Gasteiger charge is 2.34. The first kappa shape index (κ1) is 12.4. The van der Waals surface area contributed by atoms with Crippen LogP contribution in [0.15, 0.2) is 0 Å². The molecule has 0 aliphatic carbocycles. The van der Waals surface area contributed by atoms with Crippen LogP contribution in [0, 0.1) is 0 Å². The SMILES string of the molecule is C[Si](C)N(C(C)(C)C)[Si](C)(C)C. The quantitative estimate of drug-likeness (QED) is 0.622. The van der Waals surface area contributed by atoms with Crippen molar-refractivity contribution in [3.63, 3.8) is 0 Å². The summed E-state index contributed by atoms with van der Waals surface area (Å²) < 4.78 is 2.78. The van der Waals surface area contributed by atoms with Crippen LogP contribution in [0.2, 0.25) is 32.7 Å². The van der Waals surface area contributed by atoms with Gasteiger partial charge in [-0.05, 0) is 26.3 Å². The third-order valence-electron chi connectivity index (χ3n) is 1.79. The average Bonchev–Trinajstić information content (AvgIpc) is 1.49. The van der Waals surface area contributed by atoms with Crippen molar-refractivity contribution in [2.45, 2.75) is 59.0 Å². The lowest BCUT2D eigenvalue weighted by Gasteiger charge is -2.47. The van der Waals surface area contributed by atoms with E-state index in [9.17, 15) is 0 Å². The van der Waals surface area contributed by atoms with Crippen molar-refractivity contribution in [3.05, 3.63) is 0 Å². The van der Waals surface area contributed by atoms with Gasteiger partial charge in [-0.2, -0.15) is 0 Å². The second kappa shape index (κ2) is 3.64. The first-order valence-corrected chi connectivity index (χ1v) is 10.6. The summed E-state index contributed by atoms with van der Waals surface area (Å²) in [5.74, 6) is 0. The maximum absolute atomic E-state index is 2.78. The molecule has 1 radical (unpaired) electrons. The lowest BCUT2D eigenvalue weighted by atomic mass is 10.1. The zero-order valence-corrected chi connectivity index (χ0v) is 11.9. The average molecular weight is 202 g/mol. The van der Waals surface area contributed by atoms with Gasteiger partial charge in [-0.3, -0.25) is 0 Å². The van der Waals surface area contributed by atoms with Crippen LogP contribution < -0.4 is 0 Å². The van der Waals surface area contributed by atoms with Gasteiger partial charge >= 0.3 is 0 Å². The molecule has 73 valence electrons. The highest BCUT2D eigenvalue weighted by Crippen LogP contribution is 2.23. The second-order valence-corrected chi connectivity index (χ2v) is 13.2. The van der Waals surface area contributed by atoms with E-state index < -0.39 is 8.24 Å². The summed E-state index contributed by atoms with van der Waals surface area (Å²) >= 11 is 0. The molecule has 0 saturated carbocycles. The van der Waals surface area contributed by atoms with E-state index in [1.54, 1.807) is 0 Å². The molecular formula is C9H24NSi2. The molecule has 0 amide bonds. The Morgan fingerprint density at radius 3 is 1.33 bits per heavy atom. The molecule has 0 aromatic rings. The minimum Gasteiger partial charge on any atom is -0.342 e. The van der Waals surface area contributed by atoms with Gasteiger partial charge in [0.2, 0.25) is 0 Å². The molecule has 3 heteroatoms. The lowest BCUT2D eigenvalue weighted by molar-refractivity contribution is 0.357. The van der Waals surface area contributed by atoms with E-state index >= 15 is 0 Å². The van der Waals surface area contributed by atoms with Crippen LogP contribution in [0.25, 0.3) is 0 Å². The van der Waals surface area contributed by atoms with Crippen molar-refractivity contribution in [2.75, 3.05) is 0 Å². The molecule has 0 aromatic heterocycles. The van der Waals surface area contributed by atoms with Crippen molar-refractivity contribution in [1.82, 2.24) is 4.23 Å². The fourth-order valence-electron chi connectivity index (χ4n) is 2.35. The van der Waals surface area contributed by atoms with Gasteiger partial charge in [0.25, 0.3) is 0 Å². The Morgan fingerprint density at radius 1 is 1.00 bits per heavy atom. The first-order valence-electron chi connectivity index (χ1n) is 4.67. The van der Waals surface area contributed by atoms with Crippen LogP contribution in [0.5, 0.6) is 0 Å². The predicted octanol–water partition coefficient (Wildman–Crippen LogP) is 3.17. The topological polar surface area (TPSA) is 3.24 Å². The summed E-state index contributed by atoms with van der Waals surface area (Å²) in [5, 5.41) is 0. The maximum atomic E-state index is 2.78. The Kier molecular flexibility index (Phi) is 3.76. The van der Waals surface area contributed by atoms with Crippen molar-refractivity contribution in [3.8, 4) is 0 Å². The van der Waals surface area contributed by atoms with E-state index in [1.807, 2.05) is 0 Å². The minimum absolute atomic E-state index is 0.293. The van der Waals surface area contributed by atoms with Crippen LogP contribution in [0.1, 0.15) is 20.8 Å². The molecule has 0 heterocycles. The summed E-state index contributed by atoms with van der Waals surface area (Å²) in [5.41, 5.74) is 0.363. The Hall–Kier alpha value is 0.394. The zero-order chi connectivity index (χ0) is 10.2. The molecular weight excluding hydrogens is 178 g/mol. The van der Waals surface area contributed by atoms with Crippen molar-refractivity contribution in [1.29, 1.82) is 0 Å². The van der Waals surface area contributed by atoms with E-state index in [4.69, 9.17) is 0 Å². The predicted molar refractivity (Wildman–Crippen MR) is 62.4 cm³/mol. The summed E-state index contributed by atoms with van der Waals surface area (Å²) in [7, 11) is -1.40. The van der Waals surface area contributed by atoms with E-state index in [2.05, 4.69) is 57.7 Å². The van der Waals surface area contributed by atoms with Gasteiger partial charge in [-0.25, -0.2) is 0 Å².